The fraction of sp³-hybridized carbons (Fsp3) is 0.818. The fourth-order valence-corrected chi connectivity index (χ4v) is 4.59. The first-order chi connectivity index (χ1) is 6.75. The van der Waals surface area contributed by atoms with E-state index >= 15 is 0 Å². The Hall–Kier alpha value is 0.400. The standard InChI is InChI=1S/C11H20OS2/c1-3-4-5-6-10(12)11-9(2)13-7-8-14-11/h3,9-12H,1,4-8H2,2H3. The lowest BCUT2D eigenvalue weighted by atomic mass is 10.1. The van der Waals surface area contributed by atoms with Crippen molar-refractivity contribution in [3.63, 3.8) is 0 Å². The number of hydrogen-bond acceptors (Lipinski definition) is 3. The molecule has 1 heterocycles. The summed E-state index contributed by atoms with van der Waals surface area (Å²) in [6, 6.07) is 0. The molecule has 1 fully saturated rings. The van der Waals surface area contributed by atoms with Crippen LogP contribution in [0.3, 0.4) is 0 Å². The first-order valence-corrected chi connectivity index (χ1v) is 7.37. The third kappa shape index (κ3) is 3.87. The number of aliphatic hydroxyl groups excluding tert-OH is 1. The predicted octanol–water partition coefficient (Wildman–Crippen LogP) is 2.94. The van der Waals surface area contributed by atoms with Crippen LogP contribution >= 0.6 is 23.5 Å². The highest BCUT2D eigenvalue weighted by molar-refractivity contribution is 8.07. The van der Waals surface area contributed by atoms with Crippen molar-refractivity contribution >= 4 is 23.5 Å². The lowest BCUT2D eigenvalue weighted by molar-refractivity contribution is 0.158. The van der Waals surface area contributed by atoms with Crippen molar-refractivity contribution in [1.82, 2.24) is 0 Å². The second-order valence-electron chi connectivity index (χ2n) is 3.70. The van der Waals surface area contributed by atoms with E-state index in [9.17, 15) is 5.11 Å². The summed E-state index contributed by atoms with van der Waals surface area (Å²) >= 11 is 3.93. The van der Waals surface area contributed by atoms with Gasteiger partial charge in [0.25, 0.3) is 0 Å². The van der Waals surface area contributed by atoms with Gasteiger partial charge in [-0.25, -0.2) is 0 Å². The Kier molecular flexibility index (Phi) is 6.06. The van der Waals surface area contributed by atoms with Crippen molar-refractivity contribution in [2.24, 2.45) is 0 Å². The summed E-state index contributed by atoms with van der Waals surface area (Å²) < 4.78 is 0. The number of unbranched alkanes of at least 4 members (excludes halogenated alkanes) is 1. The molecule has 3 atom stereocenters. The zero-order valence-electron chi connectivity index (χ0n) is 8.82. The van der Waals surface area contributed by atoms with Gasteiger partial charge in [-0.05, 0) is 19.3 Å². The normalized spacial score (nSPS) is 29.9. The Morgan fingerprint density at radius 3 is 2.86 bits per heavy atom. The Morgan fingerprint density at radius 1 is 1.50 bits per heavy atom. The van der Waals surface area contributed by atoms with E-state index in [-0.39, 0.29) is 6.10 Å². The molecule has 0 aromatic rings. The van der Waals surface area contributed by atoms with Crippen LogP contribution in [-0.4, -0.2) is 33.2 Å². The van der Waals surface area contributed by atoms with Crippen LogP contribution in [0.5, 0.6) is 0 Å². The minimum atomic E-state index is -0.122. The summed E-state index contributed by atoms with van der Waals surface area (Å²) in [5.41, 5.74) is 0. The molecule has 1 aliphatic heterocycles. The van der Waals surface area contributed by atoms with Crippen LogP contribution in [0.1, 0.15) is 26.2 Å². The van der Waals surface area contributed by atoms with Crippen LogP contribution < -0.4 is 0 Å². The van der Waals surface area contributed by atoms with Crippen LogP contribution in [-0.2, 0) is 0 Å². The van der Waals surface area contributed by atoms with E-state index in [1.807, 2.05) is 29.6 Å². The van der Waals surface area contributed by atoms with Gasteiger partial charge in [0.1, 0.15) is 0 Å². The molecule has 3 heteroatoms. The van der Waals surface area contributed by atoms with Gasteiger partial charge in [-0.3, -0.25) is 0 Å². The highest BCUT2D eigenvalue weighted by Crippen LogP contribution is 2.34. The Morgan fingerprint density at radius 2 is 2.21 bits per heavy atom. The first-order valence-electron chi connectivity index (χ1n) is 5.28. The van der Waals surface area contributed by atoms with Crippen molar-refractivity contribution in [1.29, 1.82) is 0 Å². The molecule has 1 nitrogen and oxygen atoms in total. The molecule has 1 saturated heterocycles. The summed E-state index contributed by atoms with van der Waals surface area (Å²) in [7, 11) is 0. The van der Waals surface area contributed by atoms with Crippen molar-refractivity contribution < 1.29 is 5.11 Å². The van der Waals surface area contributed by atoms with Crippen molar-refractivity contribution in [2.75, 3.05) is 11.5 Å². The van der Waals surface area contributed by atoms with Crippen LogP contribution in [0.15, 0.2) is 12.7 Å². The van der Waals surface area contributed by atoms with E-state index in [1.165, 1.54) is 11.5 Å². The van der Waals surface area contributed by atoms with Crippen LogP contribution in [0.2, 0.25) is 0 Å². The van der Waals surface area contributed by atoms with Gasteiger partial charge < -0.3 is 5.11 Å². The lowest BCUT2D eigenvalue weighted by Crippen LogP contribution is -2.34. The van der Waals surface area contributed by atoms with Crippen LogP contribution in [0, 0.1) is 0 Å². The maximum absolute atomic E-state index is 10.0. The van der Waals surface area contributed by atoms with Gasteiger partial charge in [0.15, 0.2) is 0 Å². The van der Waals surface area contributed by atoms with Gasteiger partial charge >= 0.3 is 0 Å². The number of hydrogen-bond donors (Lipinski definition) is 1. The van der Waals surface area contributed by atoms with Gasteiger partial charge in [0.2, 0.25) is 0 Å². The zero-order valence-corrected chi connectivity index (χ0v) is 10.4. The molecule has 0 aromatic carbocycles. The summed E-state index contributed by atoms with van der Waals surface area (Å²) in [4.78, 5) is 0. The lowest BCUT2D eigenvalue weighted by Gasteiger charge is -2.31. The molecular weight excluding hydrogens is 212 g/mol. The average molecular weight is 232 g/mol. The summed E-state index contributed by atoms with van der Waals surface area (Å²) in [6.45, 7) is 5.93. The van der Waals surface area contributed by atoms with E-state index < -0.39 is 0 Å². The van der Waals surface area contributed by atoms with Crippen LogP contribution in [0.25, 0.3) is 0 Å². The van der Waals surface area contributed by atoms with E-state index in [2.05, 4.69) is 13.5 Å². The Balaban J connectivity index is 2.26. The SMILES string of the molecule is C=CCCCC(O)C1SCCSC1C. The smallest absolute Gasteiger partial charge is 0.0669 e. The predicted molar refractivity (Wildman–Crippen MR) is 68.2 cm³/mol. The maximum atomic E-state index is 10.0. The van der Waals surface area contributed by atoms with Gasteiger partial charge in [0, 0.05) is 22.0 Å². The van der Waals surface area contributed by atoms with Crippen molar-refractivity contribution in [3.8, 4) is 0 Å². The molecule has 0 amide bonds. The third-order valence-corrected chi connectivity index (χ3v) is 5.76. The van der Waals surface area contributed by atoms with Gasteiger partial charge in [-0.15, -0.1) is 6.58 Å². The average Bonchev–Trinajstić information content (AvgIpc) is 2.18. The number of thioether (sulfide) groups is 2. The fourth-order valence-electron chi connectivity index (χ4n) is 1.71. The summed E-state index contributed by atoms with van der Waals surface area (Å²) in [6.07, 6.45) is 4.82. The van der Waals surface area contributed by atoms with E-state index in [0.29, 0.717) is 10.5 Å². The van der Waals surface area contributed by atoms with Gasteiger partial charge in [0.05, 0.1) is 6.10 Å². The van der Waals surface area contributed by atoms with Crippen molar-refractivity contribution in [2.45, 2.75) is 42.8 Å². The largest absolute Gasteiger partial charge is 0.392 e. The second-order valence-corrected chi connectivity index (χ2v) is 6.47. The van der Waals surface area contributed by atoms with E-state index in [4.69, 9.17) is 0 Å². The Bertz CT molecular complexity index is 173. The van der Waals surface area contributed by atoms with Crippen LogP contribution in [0.4, 0.5) is 0 Å². The number of aliphatic hydroxyl groups is 1. The molecule has 1 N–H and O–H groups in total. The first kappa shape index (κ1) is 12.5. The Labute approximate surface area is 95.7 Å². The minimum absolute atomic E-state index is 0.122. The quantitative estimate of drug-likeness (QED) is 0.581. The van der Waals surface area contributed by atoms with E-state index in [1.54, 1.807) is 0 Å². The number of rotatable bonds is 5. The topological polar surface area (TPSA) is 20.2 Å². The molecule has 14 heavy (non-hydrogen) atoms. The zero-order chi connectivity index (χ0) is 10.4. The molecular formula is C11H20OS2. The monoisotopic (exact) mass is 232 g/mol. The molecule has 0 aromatic heterocycles. The highest BCUT2D eigenvalue weighted by atomic mass is 32.2. The number of allylic oxidation sites excluding steroid dienone is 1. The molecule has 3 unspecified atom stereocenters. The van der Waals surface area contributed by atoms with Gasteiger partial charge in [-0.2, -0.15) is 23.5 Å². The molecule has 1 rings (SSSR count). The molecule has 82 valence electrons. The third-order valence-electron chi connectivity index (χ3n) is 2.52. The van der Waals surface area contributed by atoms with E-state index in [0.717, 1.165) is 19.3 Å². The summed E-state index contributed by atoms with van der Waals surface area (Å²) in [5, 5.41) is 11.0. The maximum Gasteiger partial charge on any atom is 0.0669 e. The molecule has 0 radical (unpaired) electrons. The summed E-state index contributed by atoms with van der Waals surface area (Å²) in [5.74, 6) is 2.43. The second kappa shape index (κ2) is 6.81. The molecule has 1 aliphatic rings. The highest BCUT2D eigenvalue weighted by Gasteiger charge is 2.28. The molecule has 0 saturated carbocycles. The molecule has 0 spiro atoms. The van der Waals surface area contributed by atoms with Gasteiger partial charge in [-0.1, -0.05) is 13.0 Å². The molecule has 0 aliphatic carbocycles. The minimum Gasteiger partial charge on any atom is -0.392 e. The molecule has 0 bridgehead atoms. The van der Waals surface area contributed by atoms with Crippen molar-refractivity contribution in [3.05, 3.63) is 12.7 Å².